The molecular formula is C22H20N2O4. The van der Waals surface area contributed by atoms with Gasteiger partial charge in [0.25, 0.3) is 0 Å². The van der Waals surface area contributed by atoms with Crippen LogP contribution in [0.4, 0.5) is 5.88 Å². The van der Waals surface area contributed by atoms with Crippen molar-refractivity contribution in [2.24, 2.45) is 4.99 Å². The van der Waals surface area contributed by atoms with Gasteiger partial charge in [-0.15, -0.1) is 0 Å². The van der Waals surface area contributed by atoms with E-state index in [1.165, 1.54) is 6.40 Å². The Morgan fingerprint density at radius 1 is 1.04 bits per heavy atom. The fraction of sp³-hybridized carbons (Fsp3) is 0.182. The van der Waals surface area contributed by atoms with E-state index in [4.69, 9.17) is 18.6 Å². The van der Waals surface area contributed by atoms with Gasteiger partial charge in [0.2, 0.25) is 5.88 Å². The average molecular weight is 376 g/mol. The van der Waals surface area contributed by atoms with Crippen LogP contribution in [0.25, 0.3) is 22.5 Å². The first-order valence-electron chi connectivity index (χ1n) is 8.71. The predicted octanol–water partition coefficient (Wildman–Crippen LogP) is 5.20. The molecule has 6 nitrogen and oxygen atoms in total. The third-order valence-corrected chi connectivity index (χ3v) is 4.09. The Hall–Kier alpha value is -3.72. The van der Waals surface area contributed by atoms with Crippen molar-refractivity contribution in [1.29, 1.82) is 5.26 Å². The lowest BCUT2D eigenvalue weighted by molar-refractivity contribution is 0.343. The normalized spacial score (nSPS) is 10.6. The molecule has 3 aromatic rings. The molecular weight excluding hydrogens is 356 g/mol. The molecule has 2 aromatic carbocycles. The lowest BCUT2D eigenvalue weighted by Gasteiger charge is -2.08. The lowest BCUT2D eigenvalue weighted by Crippen LogP contribution is -1.89. The molecule has 142 valence electrons. The maximum absolute atomic E-state index is 9.80. The zero-order chi connectivity index (χ0) is 19.9. The molecule has 0 atom stereocenters. The first-order valence-corrected chi connectivity index (χ1v) is 8.71. The van der Waals surface area contributed by atoms with E-state index in [1.807, 2.05) is 49.4 Å². The molecule has 0 aliphatic rings. The Labute approximate surface area is 163 Å². The number of hydrogen-bond acceptors (Lipinski definition) is 6. The van der Waals surface area contributed by atoms with E-state index < -0.39 is 0 Å². The molecule has 0 saturated carbocycles. The molecule has 0 N–H and O–H groups in total. The number of nitriles is 1. The Morgan fingerprint density at radius 3 is 2.29 bits per heavy atom. The maximum Gasteiger partial charge on any atom is 0.240 e. The minimum absolute atomic E-state index is 0.187. The number of rotatable bonds is 7. The molecule has 0 spiro atoms. The number of methoxy groups -OCH3 is 2. The van der Waals surface area contributed by atoms with Gasteiger partial charge in [0, 0.05) is 17.2 Å². The lowest BCUT2D eigenvalue weighted by atomic mass is 9.98. The number of aliphatic imine (C=N–C) groups is 1. The fourth-order valence-corrected chi connectivity index (χ4v) is 2.80. The summed E-state index contributed by atoms with van der Waals surface area (Å²) >= 11 is 0. The third-order valence-electron chi connectivity index (χ3n) is 4.09. The van der Waals surface area contributed by atoms with Crippen LogP contribution in [0, 0.1) is 11.3 Å². The minimum Gasteiger partial charge on any atom is -0.497 e. The Kier molecular flexibility index (Phi) is 5.97. The highest BCUT2D eigenvalue weighted by molar-refractivity contribution is 5.88. The molecule has 0 radical (unpaired) electrons. The Balaban J connectivity index is 2.27. The highest BCUT2D eigenvalue weighted by atomic mass is 16.5. The topological polar surface area (TPSA) is 77.0 Å². The second-order valence-corrected chi connectivity index (χ2v) is 5.76. The number of ether oxygens (including phenoxy) is 3. The Morgan fingerprint density at radius 2 is 1.71 bits per heavy atom. The summed E-state index contributed by atoms with van der Waals surface area (Å²) in [6, 6.07) is 17.2. The van der Waals surface area contributed by atoms with Gasteiger partial charge in [-0.25, -0.2) is 0 Å². The van der Waals surface area contributed by atoms with Crippen molar-refractivity contribution < 1.29 is 18.6 Å². The van der Waals surface area contributed by atoms with Crippen LogP contribution < -0.4 is 9.47 Å². The summed E-state index contributed by atoms with van der Waals surface area (Å²) in [7, 11) is 3.16. The smallest absolute Gasteiger partial charge is 0.240 e. The van der Waals surface area contributed by atoms with Crippen molar-refractivity contribution in [3.63, 3.8) is 0 Å². The van der Waals surface area contributed by atoms with Gasteiger partial charge in [-0.05, 0) is 24.6 Å². The van der Waals surface area contributed by atoms with Crippen LogP contribution in [0.3, 0.4) is 0 Å². The van der Waals surface area contributed by atoms with Crippen LogP contribution in [0.2, 0.25) is 0 Å². The number of nitrogens with zero attached hydrogens (tertiary/aromatic N) is 2. The van der Waals surface area contributed by atoms with E-state index in [1.54, 1.807) is 20.3 Å². The molecule has 3 rings (SSSR count). The molecule has 1 heterocycles. The largest absolute Gasteiger partial charge is 0.497 e. The first-order chi connectivity index (χ1) is 13.7. The van der Waals surface area contributed by atoms with E-state index in [0.717, 1.165) is 5.56 Å². The van der Waals surface area contributed by atoms with Crippen LogP contribution in [-0.2, 0) is 4.74 Å². The first kappa shape index (κ1) is 19.1. The highest BCUT2D eigenvalue weighted by Gasteiger charge is 2.23. The molecule has 0 aliphatic heterocycles. The summed E-state index contributed by atoms with van der Waals surface area (Å²) in [5, 5.41) is 9.80. The van der Waals surface area contributed by atoms with Gasteiger partial charge < -0.3 is 18.6 Å². The summed E-state index contributed by atoms with van der Waals surface area (Å²) in [5.74, 6) is 1.92. The molecule has 6 heteroatoms. The maximum atomic E-state index is 9.80. The van der Waals surface area contributed by atoms with Gasteiger partial charge in [-0.2, -0.15) is 10.3 Å². The fourth-order valence-electron chi connectivity index (χ4n) is 2.80. The van der Waals surface area contributed by atoms with Crippen LogP contribution >= 0.6 is 0 Å². The second-order valence-electron chi connectivity index (χ2n) is 5.76. The third kappa shape index (κ3) is 3.84. The van der Waals surface area contributed by atoms with Crippen molar-refractivity contribution in [3.05, 3.63) is 54.1 Å². The van der Waals surface area contributed by atoms with Crippen LogP contribution in [-0.4, -0.2) is 27.2 Å². The summed E-state index contributed by atoms with van der Waals surface area (Å²) in [6.07, 6.45) is 1.28. The van der Waals surface area contributed by atoms with E-state index in [-0.39, 0.29) is 5.88 Å². The summed E-state index contributed by atoms with van der Waals surface area (Å²) in [6.45, 7) is 2.32. The zero-order valence-electron chi connectivity index (χ0n) is 15.9. The number of hydrogen-bond donors (Lipinski definition) is 0. The number of benzene rings is 2. The van der Waals surface area contributed by atoms with E-state index in [0.29, 0.717) is 40.6 Å². The van der Waals surface area contributed by atoms with Crippen LogP contribution in [0.1, 0.15) is 12.5 Å². The van der Waals surface area contributed by atoms with Gasteiger partial charge >= 0.3 is 0 Å². The summed E-state index contributed by atoms with van der Waals surface area (Å²) in [4.78, 5) is 4.19. The highest BCUT2D eigenvalue weighted by Crippen LogP contribution is 2.44. The van der Waals surface area contributed by atoms with Crippen LogP contribution in [0.5, 0.6) is 11.5 Å². The van der Waals surface area contributed by atoms with Crippen molar-refractivity contribution in [1.82, 2.24) is 0 Å². The van der Waals surface area contributed by atoms with E-state index >= 15 is 0 Å². The van der Waals surface area contributed by atoms with Gasteiger partial charge in [-0.3, -0.25) is 0 Å². The number of furan rings is 1. The van der Waals surface area contributed by atoms with E-state index in [2.05, 4.69) is 11.1 Å². The van der Waals surface area contributed by atoms with Gasteiger partial charge in [-0.1, -0.05) is 30.3 Å². The molecule has 28 heavy (non-hydrogen) atoms. The van der Waals surface area contributed by atoms with Crippen molar-refractivity contribution in [2.75, 3.05) is 20.8 Å². The van der Waals surface area contributed by atoms with Crippen molar-refractivity contribution in [2.45, 2.75) is 6.92 Å². The SMILES string of the molecule is CCOC=Nc1oc(-c2cc(OC)cc(OC)c2)c(-c2ccccc2)c1C#N. The predicted molar refractivity (Wildman–Crippen MR) is 107 cm³/mol. The van der Waals surface area contributed by atoms with Gasteiger partial charge in [0.05, 0.1) is 20.8 Å². The van der Waals surface area contributed by atoms with Crippen molar-refractivity contribution in [3.8, 4) is 40.0 Å². The molecule has 0 fully saturated rings. The minimum atomic E-state index is 0.187. The van der Waals surface area contributed by atoms with Gasteiger partial charge in [0.1, 0.15) is 28.9 Å². The summed E-state index contributed by atoms with van der Waals surface area (Å²) < 4.78 is 21.9. The molecule has 0 amide bonds. The molecule has 1 aromatic heterocycles. The summed E-state index contributed by atoms with van der Waals surface area (Å²) in [5.41, 5.74) is 2.54. The zero-order valence-corrected chi connectivity index (χ0v) is 15.9. The standard InChI is InChI=1S/C22H20N2O4/c1-4-27-14-24-22-19(13-23)20(15-8-6-5-7-9-15)21(28-22)16-10-17(25-2)12-18(11-16)26-3/h5-12,14H,4H2,1-3H3. The molecule has 0 bridgehead atoms. The monoisotopic (exact) mass is 376 g/mol. The second kappa shape index (κ2) is 8.78. The molecule has 0 saturated heterocycles. The molecule has 0 aliphatic carbocycles. The van der Waals surface area contributed by atoms with Gasteiger partial charge in [0.15, 0.2) is 6.40 Å². The quantitative estimate of drug-likeness (QED) is 0.418. The molecule has 0 unspecified atom stereocenters. The van der Waals surface area contributed by atoms with E-state index in [9.17, 15) is 5.26 Å². The Bertz CT molecular complexity index is 995. The average Bonchev–Trinajstić information content (AvgIpc) is 3.12. The van der Waals surface area contributed by atoms with Crippen LogP contribution in [0.15, 0.2) is 57.9 Å². The van der Waals surface area contributed by atoms with Crippen molar-refractivity contribution >= 4 is 12.3 Å².